The lowest BCUT2D eigenvalue weighted by Crippen LogP contribution is -2.33. The molecule has 3 rings (SSSR count). The molecule has 7 nitrogen and oxygen atoms in total. The number of nitrogens with one attached hydrogen (secondary N) is 1. The predicted octanol–water partition coefficient (Wildman–Crippen LogP) is 6.10. The first-order valence-corrected chi connectivity index (χ1v) is 15.6. The van der Waals surface area contributed by atoms with Crippen molar-refractivity contribution >= 4 is 22.9 Å². The summed E-state index contributed by atoms with van der Waals surface area (Å²) in [7, 11) is 0. The topological polar surface area (TPSA) is 56.6 Å². The number of unbranched alkanes of at least 4 members (excludes halogenated alkanes) is 2. The van der Waals surface area contributed by atoms with E-state index < -0.39 is 0 Å². The van der Waals surface area contributed by atoms with Gasteiger partial charge in [0.2, 0.25) is 5.95 Å². The maximum atomic E-state index is 13.5. The van der Waals surface area contributed by atoms with Crippen LogP contribution in [0.15, 0.2) is 18.2 Å². The fourth-order valence-electron chi connectivity index (χ4n) is 5.49. The van der Waals surface area contributed by atoms with Crippen LogP contribution in [0, 0.1) is 0 Å². The summed E-state index contributed by atoms with van der Waals surface area (Å²) in [4.78, 5) is 25.6. The highest BCUT2D eigenvalue weighted by molar-refractivity contribution is 5.97. The summed E-state index contributed by atoms with van der Waals surface area (Å²) in [6, 6.07) is 6.12. The van der Waals surface area contributed by atoms with E-state index in [-0.39, 0.29) is 5.91 Å². The van der Waals surface area contributed by atoms with Gasteiger partial charge in [0.05, 0.1) is 11.0 Å². The number of fused-ring (bicyclic) bond motifs is 1. The number of rotatable bonds is 18. The Balaban J connectivity index is 1.78. The Hall–Kier alpha value is -2.12. The van der Waals surface area contributed by atoms with Crippen LogP contribution in [0.4, 0.5) is 5.95 Å². The first-order chi connectivity index (χ1) is 18.6. The smallest absolute Gasteiger partial charge is 0.253 e. The lowest BCUT2D eigenvalue weighted by atomic mass is 10.1. The number of carbonyl (C=O) groups excluding carboxylic acids is 1. The van der Waals surface area contributed by atoms with E-state index in [0.717, 1.165) is 113 Å². The Bertz CT molecular complexity index is 939. The lowest BCUT2D eigenvalue weighted by molar-refractivity contribution is 0.0751. The highest BCUT2D eigenvalue weighted by atomic mass is 16.2. The second kappa shape index (κ2) is 16.8. The number of hydrogen-bond acceptors (Lipinski definition) is 5. The van der Waals surface area contributed by atoms with Gasteiger partial charge < -0.3 is 24.6 Å². The molecule has 214 valence electrons. The number of piperidine rings is 1. The molecule has 0 aliphatic carbocycles. The minimum Gasteiger partial charge on any atom is -0.356 e. The number of imidazole rings is 1. The summed E-state index contributed by atoms with van der Waals surface area (Å²) in [5.41, 5.74) is 2.83. The van der Waals surface area contributed by atoms with E-state index in [1.54, 1.807) is 0 Å². The van der Waals surface area contributed by atoms with Crippen molar-refractivity contribution < 1.29 is 4.79 Å². The Labute approximate surface area is 231 Å². The third kappa shape index (κ3) is 8.98. The number of aryl methyl sites for hydroxylation is 1. The van der Waals surface area contributed by atoms with Crippen molar-refractivity contribution in [3.8, 4) is 0 Å². The largest absolute Gasteiger partial charge is 0.356 e. The van der Waals surface area contributed by atoms with Crippen LogP contribution in [-0.2, 0) is 6.54 Å². The van der Waals surface area contributed by atoms with Crippen molar-refractivity contribution in [2.45, 2.75) is 92.0 Å². The Morgan fingerprint density at radius 3 is 2.26 bits per heavy atom. The van der Waals surface area contributed by atoms with Gasteiger partial charge in [-0.1, -0.05) is 47.0 Å². The second-order valence-corrected chi connectivity index (χ2v) is 10.9. The van der Waals surface area contributed by atoms with Crippen molar-refractivity contribution in [2.24, 2.45) is 0 Å². The lowest BCUT2D eigenvalue weighted by Gasteiger charge is -2.26. The maximum Gasteiger partial charge on any atom is 0.253 e. The summed E-state index contributed by atoms with van der Waals surface area (Å²) >= 11 is 0. The zero-order valence-corrected chi connectivity index (χ0v) is 24.8. The van der Waals surface area contributed by atoms with Gasteiger partial charge >= 0.3 is 0 Å². The number of benzene rings is 1. The minimum absolute atomic E-state index is 0.156. The quantitative estimate of drug-likeness (QED) is 0.238. The molecule has 1 aliphatic rings. The molecule has 0 saturated carbocycles. The number of hydrogen-bond donors (Lipinski definition) is 1. The molecular formula is C31H54N6O. The fourth-order valence-corrected chi connectivity index (χ4v) is 5.49. The predicted molar refractivity (Wildman–Crippen MR) is 161 cm³/mol. The first kappa shape index (κ1) is 30.4. The molecule has 0 radical (unpaired) electrons. The average molecular weight is 527 g/mol. The van der Waals surface area contributed by atoms with E-state index >= 15 is 0 Å². The minimum atomic E-state index is 0.156. The van der Waals surface area contributed by atoms with Crippen molar-refractivity contribution in [1.29, 1.82) is 0 Å². The molecule has 38 heavy (non-hydrogen) atoms. The maximum absolute atomic E-state index is 13.5. The number of nitrogens with zero attached hydrogens (tertiary/aromatic N) is 5. The molecule has 7 heteroatoms. The Morgan fingerprint density at radius 2 is 1.61 bits per heavy atom. The average Bonchev–Trinajstić information content (AvgIpc) is 3.30. The normalized spacial score (nSPS) is 14.4. The molecule has 0 atom stereocenters. The molecular weight excluding hydrogens is 472 g/mol. The van der Waals surface area contributed by atoms with E-state index in [4.69, 9.17) is 4.98 Å². The van der Waals surface area contributed by atoms with E-state index in [1.807, 2.05) is 12.1 Å². The SMILES string of the molecule is CCCCN(CCCC)C(=O)c1ccc2nc(NCCCN(CC)CC)n(CCCN3CCCCC3)c2c1. The molecule has 2 aromatic rings. The van der Waals surface area contributed by atoms with Gasteiger partial charge in [-0.25, -0.2) is 4.98 Å². The summed E-state index contributed by atoms with van der Waals surface area (Å²) < 4.78 is 2.33. The van der Waals surface area contributed by atoms with Crippen molar-refractivity contribution in [2.75, 3.05) is 64.2 Å². The summed E-state index contributed by atoms with van der Waals surface area (Å²) in [5, 5.41) is 3.64. The van der Waals surface area contributed by atoms with Gasteiger partial charge in [-0.2, -0.15) is 0 Å². The van der Waals surface area contributed by atoms with Crippen LogP contribution in [0.1, 0.15) is 95.8 Å². The van der Waals surface area contributed by atoms with Crippen LogP contribution in [0.2, 0.25) is 0 Å². The molecule has 1 aromatic heterocycles. The second-order valence-electron chi connectivity index (χ2n) is 10.9. The van der Waals surface area contributed by atoms with Crippen molar-refractivity contribution in [3.05, 3.63) is 23.8 Å². The number of carbonyl (C=O) groups is 1. The van der Waals surface area contributed by atoms with Crippen LogP contribution in [0.25, 0.3) is 11.0 Å². The number of aromatic nitrogens is 2. The van der Waals surface area contributed by atoms with Gasteiger partial charge in [0.25, 0.3) is 5.91 Å². The van der Waals surface area contributed by atoms with E-state index in [0.29, 0.717) is 0 Å². The number of likely N-dealkylation sites (tertiary alicyclic amines) is 1. The van der Waals surface area contributed by atoms with Crippen molar-refractivity contribution in [1.82, 2.24) is 24.3 Å². The highest BCUT2D eigenvalue weighted by Gasteiger charge is 2.18. The summed E-state index contributed by atoms with van der Waals surface area (Å²) in [6.45, 7) is 19.2. The molecule has 1 amide bonds. The third-order valence-corrected chi connectivity index (χ3v) is 7.98. The number of anilines is 1. The van der Waals surface area contributed by atoms with Crippen LogP contribution < -0.4 is 5.32 Å². The monoisotopic (exact) mass is 526 g/mol. The van der Waals surface area contributed by atoms with E-state index in [1.165, 1.54) is 32.4 Å². The molecule has 1 N–H and O–H groups in total. The Kier molecular flexibility index (Phi) is 13.4. The van der Waals surface area contributed by atoms with Crippen LogP contribution in [-0.4, -0.2) is 89.1 Å². The molecule has 0 unspecified atom stereocenters. The molecule has 2 heterocycles. The van der Waals surface area contributed by atoms with Crippen LogP contribution in [0.3, 0.4) is 0 Å². The van der Waals surface area contributed by atoms with E-state index in [2.05, 4.69) is 58.3 Å². The van der Waals surface area contributed by atoms with Gasteiger partial charge in [0.1, 0.15) is 0 Å². The summed E-state index contributed by atoms with van der Waals surface area (Å²) in [6.07, 6.45) is 10.5. The van der Waals surface area contributed by atoms with Gasteiger partial charge in [-0.05, 0) is 96.0 Å². The van der Waals surface area contributed by atoms with Gasteiger partial charge in [0.15, 0.2) is 0 Å². The number of amides is 1. The van der Waals surface area contributed by atoms with Gasteiger partial charge in [0, 0.05) is 31.7 Å². The highest BCUT2D eigenvalue weighted by Crippen LogP contribution is 2.23. The van der Waals surface area contributed by atoms with Crippen LogP contribution in [0.5, 0.6) is 0 Å². The zero-order valence-electron chi connectivity index (χ0n) is 24.8. The molecule has 0 spiro atoms. The molecule has 0 bridgehead atoms. The van der Waals surface area contributed by atoms with Gasteiger partial charge in [-0.3, -0.25) is 4.79 Å². The molecule has 1 fully saturated rings. The zero-order chi connectivity index (χ0) is 27.2. The standard InChI is InChI=1S/C31H54N6O/c1-5-9-23-36(24-10-6-2)30(38)27-16-17-28-29(26-27)37(25-15-22-35-19-12-11-13-20-35)31(33-28)32-18-14-21-34(7-3)8-4/h16-17,26H,5-15,18-25H2,1-4H3,(H,32,33). The van der Waals surface area contributed by atoms with Crippen LogP contribution >= 0.6 is 0 Å². The fraction of sp³-hybridized carbons (Fsp3) is 0.742. The van der Waals surface area contributed by atoms with Gasteiger partial charge in [-0.15, -0.1) is 0 Å². The first-order valence-electron chi connectivity index (χ1n) is 15.6. The van der Waals surface area contributed by atoms with E-state index in [9.17, 15) is 4.79 Å². The Morgan fingerprint density at radius 1 is 0.895 bits per heavy atom. The van der Waals surface area contributed by atoms with Crippen molar-refractivity contribution in [3.63, 3.8) is 0 Å². The molecule has 1 aromatic carbocycles. The summed E-state index contributed by atoms with van der Waals surface area (Å²) in [5.74, 6) is 1.10. The third-order valence-electron chi connectivity index (χ3n) is 7.98. The molecule has 1 aliphatic heterocycles. The molecule has 1 saturated heterocycles.